The average Bonchev–Trinajstić information content (AvgIpc) is 3.16. The third kappa shape index (κ3) is 4.03. The second-order valence-electron chi connectivity index (χ2n) is 6.04. The van der Waals surface area contributed by atoms with Gasteiger partial charge in [0, 0.05) is 16.3 Å². The van der Waals surface area contributed by atoms with Crippen LogP contribution in [0.25, 0.3) is 0 Å². The molecule has 4 rings (SSSR count). The number of thioether (sulfide) groups is 1. The largest absolute Gasteiger partial charge is 0.484 e. The molecule has 0 bridgehead atoms. The number of rotatable bonds is 4. The first-order chi connectivity index (χ1) is 14.1. The summed E-state index contributed by atoms with van der Waals surface area (Å²) in [6.07, 6.45) is 0. The Morgan fingerprint density at radius 2 is 2.10 bits per heavy atom. The molecule has 0 atom stereocenters. The number of aromatic nitrogens is 3. The van der Waals surface area contributed by atoms with Gasteiger partial charge < -0.3 is 4.74 Å². The summed E-state index contributed by atoms with van der Waals surface area (Å²) < 4.78 is 7.42. The molecular formula is C19H13Cl2N5O2S. The SMILES string of the molecule is N#Cc1cccc(C(=O)N2CCSc3nnc(COc4ccc(Cl)cc4Cl)n32)c1. The molecule has 1 amide bonds. The van der Waals surface area contributed by atoms with Gasteiger partial charge in [-0.25, -0.2) is 9.69 Å². The van der Waals surface area contributed by atoms with Crippen LogP contribution < -0.4 is 9.75 Å². The standard InChI is InChI=1S/C19H13Cl2N5O2S/c20-14-4-5-16(15(21)9-14)28-11-17-23-24-19-26(17)25(6-7-29-19)18(27)13-3-1-2-12(8-13)10-22/h1-5,8-9H,6-7,11H2. The Hall–Kier alpha value is -2.73. The molecule has 2 heterocycles. The van der Waals surface area contributed by atoms with Gasteiger partial charge in [0.2, 0.25) is 5.16 Å². The van der Waals surface area contributed by atoms with E-state index >= 15 is 0 Å². The molecule has 0 radical (unpaired) electrons. The van der Waals surface area contributed by atoms with Gasteiger partial charge in [-0.1, -0.05) is 41.0 Å². The maximum Gasteiger partial charge on any atom is 0.272 e. The van der Waals surface area contributed by atoms with E-state index in [0.717, 1.165) is 0 Å². The monoisotopic (exact) mass is 445 g/mol. The molecular weight excluding hydrogens is 433 g/mol. The highest BCUT2D eigenvalue weighted by Crippen LogP contribution is 2.29. The normalized spacial score (nSPS) is 12.9. The van der Waals surface area contributed by atoms with Crippen LogP contribution in [0.5, 0.6) is 5.75 Å². The number of halogens is 2. The third-order valence-corrected chi connectivity index (χ3v) is 5.61. The first kappa shape index (κ1) is 19.6. The summed E-state index contributed by atoms with van der Waals surface area (Å²) in [5.41, 5.74) is 0.843. The summed E-state index contributed by atoms with van der Waals surface area (Å²) in [6.45, 7) is 0.539. The Bertz CT molecular complexity index is 1130. The molecule has 10 heteroatoms. The highest BCUT2D eigenvalue weighted by molar-refractivity contribution is 7.99. The quantitative estimate of drug-likeness (QED) is 0.604. The Morgan fingerprint density at radius 3 is 2.90 bits per heavy atom. The van der Waals surface area contributed by atoms with Crippen molar-refractivity contribution >= 4 is 40.9 Å². The molecule has 0 N–H and O–H groups in total. The summed E-state index contributed by atoms with van der Waals surface area (Å²) in [7, 11) is 0. The summed E-state index contributed by atoms with van der Waals surface area (Å²) in [5, 5.41) is 20.5. The second kappa shape index (κ2) is 8.33. The molecule has 3 aromatic rings. The summed E-state index contributed by atoms with van der Waals surface area (Å²) in [4.78, 5) is 13.1. The first-order valence-corrected chi connectivity index (χ1v) is 10.3. The minimum Gasteiger partial charge on any atom is -0.484 e. The molecule has 29 heavy (non-hydrogen) atoms. The molecule has 0 saturated carbocycles. The molecule has 0 fully saturated rings. The molecule has 1 aliphatic heterocycles. The van der Waals surface area contributed by atoms with Crippen LogP contribution in [0.4, 0.5) is 0 Å². The van der Waals surface area contributed by atoms with Crippen molar-refractivity contribution in [3.63, 3.8) is 0 Å². The van der Waals surface area contributed by atoms with Crippen molar-refractivity contribution in [2.45, 2.75) is 11.8 Å². The summed E-state index contributed by atoms with van der Waals surface area (Å²) in [5.74, 6) is 1.36. The molecule has 7 nitrogen and oxygen atoms in total. The highest BCUT2D eigenvalue weighted by Gasteiger charge is 2.28. The van der Waals surface area contributed by atoms with Crippen molar-refractivity contribution in [3.05, 3.63) is 69.5 Å². The summed E-state index contributed by atoms with van der Waals surface area (Å²) in [6, 6.07) is 13.6. The van der Waals surface area contributed by atoms with Gasteiger partial charge in [-0.2, -0.15) is 5.26 Å². The molecule has 1 aliphatic rings. The number of carbonyl (C=O) groups excluding carboxylic acids is 1. The van der Waals surface area contributed by atoms with Crippen LogP contribution in [0, 0.1) is 11.3 Å². The number of ether oxygens (including phenoxy) is 1. The maximum atomic E-state index is 13.1. The van der Waals surface area contributed by atoms with Gasteiger partial charge in [-0.15, -0.1) is 10.2 Å². The van der Waals surface area contributed by atoms with Crippen molar-refractivity contribution in [3.8, 4) is 11.8 Å². The van der Waals surface area contributed by atoms with Crippen molar-refractivity contribution in [1.29, 1.82) is 5.26 Å². The van der Waals surface area contributed by atoms with Crippen LogP contribution in [-0.2, 0) is 6.61 Å². The molecule has 0 saturated heterocycles. The smallest absolute Gasteiger partial charge is 0.272 e. The second-order valence-corrected chi connectivity index (χ2v) is 7.95. The van der Waals surface area contributed by atoms with E-state index in [1.807, 2.05) is 0 Å². The minimum absolute atomic E-state index is 0.0664. The van der Waals surface area contributed by atoms with E-state index in [4.69, 9.17) is 33.2 Å². The summed E-state index contributed by atoms with van der Waals surface area (Å²) >= 11 is 13.6. The zero-order chi connectivity index (χ0) is 20.4. The van der Waals surface area contributed by atoms with Crippen LogP contribution in [0.1, 0.15) is 21.7 Å². The number of nitrogens with zero attached hydrogens (tertiary/aromatic N) is 5. The van der Waals surface area contributed by atoms with Crippen molar-refractivity contribution in [2.24, 2.45) is 0 Å². The van der Waals surface area contributed by atoms with E-state index in [9.17, 15) is 4.79 Å². The number of hydrogen-bond donors (Lipinski definition) is 0. The third-order valence-electron chi connectivity index (χ3n) is 4.18. The van der Waals surface area contributed by atoms with Crippen LogP contribution >= 0.6 is 35.0 Å². The fourth-order valence-electron chi connectivity index (χ4n) is 2.84. The predicted molar refractivity (Wildman–Crippen MR) is 110 cm³/mol. The molecule has 0 spiro atoms. The van der Waals surface area contributed by atoms with Crippen molar-refractivity contribution in [1.82, 2.24) is 14.9 Å². The van der Waals surface area contributed by atoms with Crippen LogP contribution in [0.15, 0.2) is 47.6 Å². The lowest BCUT2D eigenvalue weighted by atomic mass is 10.1. The van der Waals surface area contributed by atoms with E-state index in [0.29, 0.717) is 50.2 Å². The van der Waals surface area contributed by atoms with E-state index in [2.05, 4.69) is 16.3 Å². The van der Waals surface area contributed by atoms with E-state index in [1.54, 1.807) is 52.1 Å². The van der Waals surface area contributed by atoms with Crippen molar-refractivity contribution < 1.29 is 9.53 Å². The number of nitriles is 1. The Labute approximate surface area is 180 Å². The molecule has 1 aromatic heterocycles. The Balaban J connectivity index is 1.61. The Morgan fingerprint density at radius 1 is 1.24 bits per heavy atom. The first-order valence-electron chi connectivity index (χ1n) is 8.54. The molecule has 146 valence electrons. The molecule has 2 aromatic carbocycles. The van der Waals surface area contributed by atoms with Crippen LogP contribution in [0.3, 0.4) is 0 Å². The predicted octanol–water partition coefficient (Wildman–Crippen LogP) is 3.92. The van der Waals surface area contributed by atoms with Gasteiger partial charge in [-0.05, 0) is 36.4 Å². The van der Waals surface area contributed by atoms with Gasteiger partial charge in [0.1, 0.15) is 12.4 Å². The lowest BCUT2D eigenvalue weighted by Gasteiger charge is -2.29. The fraction of sp³-hybridized carbons (Fsp3) is 0.158. The van der Waals surface area contributed by atoms with E-state index in [-0.39, 0.29) is 12.5 Å². The fourth-order valence-corrected chi connectivity index (χ4v) is 4.17. The zero-order valence-corrected chi connectivity index (χ0v) is 17.2. The highest BCUT2D eigenvalue weighted by atomic mass is 35.5. The number of benzene rings is 2. The average molecular weight is 446 g/mol. The van der Waals surface area contributed by atoms with Gasteiger partial charge in [0.05, 0.1) is 23.2 Å². The van der Waals surface area contributed by atoms with E-state index < -0.39 is 0 Å². The number of amides is 1. The topological polar surface area (TPSA) is 84.0 Å². The molecule has 0 aliphatic carbocycles. The number of fused-ring (bicyclic) bond motifs is 1. The maximum absolute atomic E-state index is 13.1. The Kier molecular flexibility index (Phi) is 5.62. The van der Waals surface area contributed by atoms with Gasteiger partial charge in [0.15, 0.2) is 5.82 Å². The number of hydrogen-bond acceptors (Lipinski definition) is 6. The van der Waals surface area contributed by atoms with Crippen molar-refractivity contribution in [2.75, 3.05) is 17.3 Å². The van der Waals surface area contributed by atoms with Crippen LogP contribution in [-0.4, -0.2) is 33.1 Å². The lowest BCUT2D eigenvalue weighted by Crippen LogP contribution is -2.45. The molecule has 0 unspecified atom stereocenters. The zero-order valence-electron chi connectivity index (χ0n) is 14.9. The van der Waals surface area contributed by atoms with Gasteiger partial charge in [0.25, 0.3) is 5.91 Å². The van der Waals surface area contributed by atoms with Gasteiger partial charge in [-0.3, -0.25) is 4.79 Å². The lowest BCUT2D eigenvalue weighted by molar-refractivity contribution is 0.0952. The van der Waals surface area contributed by atoms with E-state index in [1.165, 1.54) is 11.8 Å². The minimum atomic E-state index is -0.241. The van der Waals surface area contributed by atoms with Gasteiger partial charge >= 0.3 is 0 Å². The number of carbonyl (C=O) groups is 1. The van der Waals surface area contributed by atoms with Crippen LogP contribution in [0.2, 0.25) is 10.0 Å².